The third-order valence-electron chi connectivity index (χ3n) is 2.90. The van der Waals surface area contributed by atoms with E-state index in [-0.39, 0.29) is 5.91 Å². The largest absolute Gasteiger partial charge is 0.441 e. The third-order valence-corrected chi connectivity index (χ3v) is 2.90. The molecule has 0 spiro atoms. The van der Waals surface area contributed by atoms with Crippen LogP contribution in [0.4, 0.5) is 0 Å². The molecule has 1 N–H and O–H groups in total. The maximum absolute atomic E-state index is 11.5. The van der Waals surface area contributed by atoms with Crippen LogP contribution in [0.15, 0.2) is 47.5 Å². The molecule has 4 heteroatoms. The fourth-order valence-electron chi connectivity index (χ4n) is 1.77. The monoisotopic (exact) mass is 270 g/mol. The number of hydrogen-bond donors (Lipinski definition) is 1. The number of aryl methyl sites for hydroxylation is 2. The van der Waals surface area contributed by atoms with Crippen molar-refractivity contribution in [3.63, 3.8) is 0 Å². The minimum absolute atomic E-state index is 0.0278. The van der Waals surface area contributed by atoms with Crippen LogP contribution in [0.2, 0.25) is 0 Å². The lowest BCUT2D eigenvalue weighted by molar-refractivity contribution is -0.120. The Morgan fingerprint density at radius 3 is 2.85 bits per heavy atom. The number of nitrogens with one attached hydrogen (secondary N) is 1. The lowest BCUT2D eigenvalue weighted by Gasteiger charge is -2.00. The number of rotatable bonds is 6. The third kappa shape index (κ3) is 3.82. The van der Waals surface area contributed by atoms with Crippen LogP contribution in [-0.2, 0) is 11.2 Å². The summed E-state index contributed by atoms with van der Waals surface area (Å²) in [7, 11) is 0. The average molecular weight is 270 g/mol. The van der Waals surface area contributed by atoms with Crippen LogP contribution in [0.3, 0.4) is 0 Å². The number of oxazole rings is 1. The quantitative estimate of drug-likeness (QED) is 0.821. The summed E-state index contributed by atoms with van der Waals surface area (Å²) in [6.45, 7) is 6.07. The molecule has 20 heavy (non-hydrogen) atoms. The summed E-state index contributed by atoms with van der Waals surface area (Å²) in [5, 5.41) is 2.72. The maximum atomic E-state index is 11.5. The SMILES string of the molecule is C=CCNC(=O)CCc1ncc(-c2ccc(C)cc2)o1. The Labute approximate surface area is 118 Å². The van der Waals surface area contributed by atoms with Crippen molar-refractivity contribution < 1.29 is 9.21 Å². The Hall–Kier alpha value is -2.36. The molecular formula is C16H18N2O2. The first-order chi connectivity index (χ1) is 9.69. The van der Waals surface area contributed by atoms with Crippen LogP contribution in [0.25, 0.3) is 11.3 Å². The second-order valence-corrected chi connectivity index (χ2v) is 4.58. The number of benzene rings is 1. The van der Waals surface area contributed by atoms with Crippen molar-refractivity contribution in [1.29, 1.82) is 0 Å². The van der Waals surface area contributed by atoms with E-state index < -0.39 is 0 Å². The van der Waals surface area contributed by atoms with E-state index in [1.165, 1.54) is 5.56 Å². The van der Waals surface area contributed by atoms with Gasteiger partial charge in [-0.3, -0.25) is 4.79 Å². The van der Waals surface area contributed by atoms with E-state index in [1.54, 1.807) is 12.3 Å². The van der Waals surface area contributed by atoms with E-state index in [0.717, 1.165) is 11.3 Å². The Morgan fingerprint density at radius 1 is 1.40 bits per heavy atom. The molecule has 0 unspecified atom stereocenters. The molecule has 0 radical (unpaired) electrons. The number of carbonyl (C=O) groups is 1. The van der Waals surface area contributed by atoms with Gasteiger partial charge in [0.2, 0.25) is 5.91 Å². The summed E-state index contributed by atoms with van der Waals surface area (Å²) in [6.07, 6.45) is 4.21. The highest BCUT2D eigenvalue weighted by molar-refractivity contribution is 5.76. The molecule has 0 atom stereocenters. The van der Waals surface area contributed by atoms with E-state index in [0.29, 0.717) is 25.3 Å². The molecule has 0 bridgehead atoms. The molecule has 104 valence electrons. The molecule has 0 aliphatic rings. The van der Waals surface area contributed by atoms with Crippen molar-refractivity contribution in [2.24, 2.45) is 0 Å². The van der Waals surface area contributed by atoms with Crippen molar-refractivity contribution >= 4 is 5.91 Å². The highest BCUT2D eigenvalue weighted by Gasteiger charge is 2.08. The summed E-state index contributed by atoms with van der Waals surface area (Å²) in [6, 6.07) is 8.05. The van der Waals surface area contributed by atoms with Gasteiger partial charge in [-0.05, 0) is 6.92 Å². The summed E-state index contributed by atoms with van der Waals surface area (Å²) >= 11 is 0. The van der Waals surface area contributed by atoms with E-state index in [1.807, 2.05) is 31.2 Å². The topological polar surface area (TPSA) is 55.1 Å². The molecule has 1 aromatic heterocycles. The van der Waals surface area contributed by atoms with Gasteiger partial charge in [-0.15, -0.1) is 6.58 Å². The molecule has 0 saturated heterocycles. The molecule has 4 nitrogen and oxygen atoms in total. The predicted octanol–water partition coefficient (Wildman–Crippen LogP) is 2.88. The van der Waals surface area contributed by atoms with Gasteiger partial charge in [-0.1, -0.05) is 35.9 Å². The Bertz CT molecular complexity index is 585. The fourth-order valence-corrected chi connectivity index (χ4v) is 1.77. The van der Waals surface area contributed by atoms with Crippen molar-refractivity contribution in [3.05, 3.63) is 54.6 Å². The van der Waals surface area contributed by atoms with Gasteiger partial charge < -0.3 is 9.73 Å². The molecule has 1 amide bonds. The first-order valence-corrected chi connectivity index (χ1v) is 6.58. The highest BCUT2D eigenvalue weighted by Crippen LogP contribution is 2.21. The molecule has 0 fully saturated rings. The minimum Gasteiger partial charge on any atom is -0.441 e. The maximum Gasteiger partial charge on any atom is 0.220 e. The number of carbonyl (C=O) groups excluding carboxylic acids is 1. The van der Waals surface area contributed by atoms with E-state index in [9.17, 15) is 4.79 Å². The van der Waals surface area contributed by atoms with Gasteiger partial charge in [-0.25, -0.2) is 4.98 Å². The molecule has 2 rings (SSSR count). The van der Waals surface area contributed by atoms with E-state index in [4.69, 9.17) is 4.42 Å². The molecule has 2 aromatic rings. The second-order valence-electron chi connectivity index (χ2n) is 4.58. The van der Waals surface area contributed by atoms with Crippen LogP contribution < -0.4 is 5.32 Å². The van der Waals surface area contributed by atoms with Crippen LogP contribution in [0.5, 0.6) is 0 Å². The summed E-state index contributed by atoms with van der Waals surface area (Å²) < 4.78 is 5.65. The fraction of sp³-hybridized carbons (Fsp3) is 0.250. The van der Waals surface area contributed by atoms with Gasteiger partial charge in [0.05, 0.1) is 6.20 Å². The van der Waals surface area contributed by atoms with Gasteiger partial charge in [0.25, 0.3) is 0 Å². The molecular weight excluding hydrogens is 252 g/mol. The molecule has 1 heterocycles. The van der Waals surface area contributed by atoms with Gasteiger partial charge in [0, 0.05) is 24.9 Å². The number of aromatic nitrogens is 1. The number of nitrogens with zero attached hydrogens (tertiary/aromatic N) is 1. The predicted molar refractivity (Wildman–Crippen MR) is 78.2 cm³/mol. The normalized spacial score (nSPS) is 10.2. The van der Waals surface area contributed by atoms with Gasteiger partial charge in [0.1, 0.15) is 0 Å². The van der Waals surface area contributed by atoms with Gasteiger partial charge in [-0.2, -0.15) is 0 Å². The van der Waals surface area contributed by atoms with Crippen molar-refractivity contribution in [3.8, 4) is 11.3 Å². The highest BCUT2D eigenvalue weighted by atomic mass is 16.4. The van der Waals surface area contributed by atoms with Crippen molar-refractivity contribution in [1.82, 2.24) is 10.3 Å². The van der Waals surface area contributed by atoms with Crippen molar-refractivity contribution in [2.45, 2.75) is 19.8 Å². The zero-order valence-electron chi connectivity index (χ0n) is 11.6. The minimum atomic E-state index is -0.0278. The number of amides is 1. The first kappa shape index (κ1) is 14.1. The van der Waals surface area contributed by atoms with Crippen LogP contribution >= 0.6 is 0 Å². The zero-order chi connectivity index (χ0) is 14.4. The average Bonchev–Trinajstić information content (AvgIpc) is 2.92. The van der Waals surface area contributed by atoms with Crippen LogP contribution in [0.1, 0.15) is 17.9 Å². The first-order valence-electron chi connectivity index (χ1n) is 6.58. The molecule has 1 aromatic carbocycles. The van der Waals surface area contributed by atoms with Crippen LogP contribution in [-0.4, -0.2) is 17.4 Å². The smallest absolute Gasteiger partial charge is 0.220 e. The number of hydrogen-bond acceptors (Lipinski definition) is 3. The standard InChI is InChI=1S/C16H18N2O2/c1-3-10-17-15(19)8-9-16-18-11-14(20-16)13-6-4-12(2)5-7-13/h3-7,11H,1,8-10H2,2H3,(H,17,19). The van der Waals surface area contributed by atoms with E-state index >= 15 is 0 Å². The zero-order valence-corrected chi connectivity index (χ0v) is 11.6. The molecule has 0 saturated carbocycles. The summed E-state index contributed by atoms with van der Waals surface area (Å²) in [5.74, 6) is 1.28. The second kappa shape index (κ2) is 6.70. The summed E-state index contributed by atoms with van der Waals surface area (Å²) in [4.78, 5) is 15.7. The van der Waals surface area contributed by atoms with E-state index in [2.05, 4.69) is 16.9 Å². The van der Waals surface area contributed by atoms with Gasteiger partial charge >= 0.3 is 0 Å². The lowest BCUT2D eigenvalue weighted by Crippen LogP contribution is -2.23. The summed E-state index contributed by atoms with van der Waals surface area (Å²) in [5.41, 5.74) is 2.19. The molecule has 0 aliphatic heterocycles. The Balaban J connectivity index is 1.94. The Morgan fingerprint density at radius 2 is 2.15 bits per heavy atom. The Kier molecular flexibility index (Phi) is 4.71. The van der Waals surface area contributed by atoms with Gasteiger partial charge in [0.15, 0.2) is 11.7 Å². The van der Waals surface area contributed by atoms with Crippen molar-refractivity contribution in [2.75, 3.05) is 6.54 Å². The molecule has 0 aliphatic carbocycles. The lowest BCUT2D eigenvalue weighted by atomic mass is 10.1. The van der Waals surface area contributed by atoms with Crippen LogP contribution in [0, 0.1) is 6.92 Å².